The lowest BCUT2D eigenvalue weighted by Crippen LogP contribution is -2.06. The van der Waals surface area contributed by atoms with Crippen molar-refractivity contribution < 1.29 is 23.0 Å². The Hall–Kier alpha value is -4.47. The molecule has 1 aromatic heterocycles. The number of aromatic nitrogens is 1. The molecule has 0 saturated carbocycles. The largest absolute Gasteiger partial charge is 0.416 e. The van der Waals surface area contributed by atoms with Gasteiger partial charge in [0.25, 0.3) is 11.4 Å². The maximum absolute atomic E-state index is 13.0. The third-order valence-electron chi connectivity index (χ3n) is 5.08. The van der Waals surface area contributed by atoms with E-state index in [0.29, 0.717) is 28.2 Å². The van der Waals surface area contributed by atoms with Gasteiger partial charge < -0.3 is 4.57 Å². The number of hydrogen-bond acceptors (Lipinski definition) is 4. The molecule has 0 radical (unpaired) electrons. The fourth-order valence-corrected chi connectivity index (χ4v) is 3.47. The molecule has 166 valence electrons. The van der Waals surface area contributed by atoms with Crippen molar-refractivity contribution in [3.63, 3.8) is 0 Å². The van der Waals surface area contributed by atoms with Gasteiger partial charge in [0.15, 0.2) is 0 Å². The van der Waals surface area contributed by atoms with E-state index in [9.17, 15) is 33.4 Å². The van der Waals surface area contributed by atoms with Crippen LogP contribution in [0.25, 0.3) is 28.2 Å². The smallest absolute Gasteiger partial charge is 0.309 e. The molecule has 0 fully saturated rings. The van der Waals surface area contributed by atoms with Crippen molar-refractivity contribution in [1.82, 2.24) is 4.57 Å². The monoisotopic (exact) mass is 453 g/mol. The maximum Gasteiger partial charge on any atom is 0.416 e. The van der Waals surface area contributed by atoms with Crippen molar-refractivity contribution in [2.24, 2.45) is 0 Å². The minimum Gasteiger partial charge on any atom is -0.309 e. The number of non-ortho nitro benzene ring substituents is 2. The predicted octanol–water partition coefficient (Wildman–Crippen LogP) is 6.65. The molecule has 4 aromatic rings. The van der Waals surface area contributed by atoms with Crippen LogP contribution in [-0.4, -0.2) is 14.4 Å². The summed E-state index contributed by atoms with van der Waals surface area (Å²) in [6.45, 7) is 0. The Balaban J connectivity index is 1.87. The maximum atomic E-state index is 13.0. The molecule has 1 heterocycles. The summed E-state index contributed by atoms with van der Waals surface area (Å²) in [7, 11) is 0. The van der Waals surface area contributed by atoms with Gasteiger partial charge in [-0.05, 0) is 71.8 Å². The van der Waals surface area contributed by atoms with Crippen LogP contribution in [0.2, 0.25) is 0 Å². The molecule has 0 aliphatic rings. The van der Waals surface area contributed by atoms with Gasteiger partial charge in [-0.15, -0.1) is 0 Å². The Labute approximate surface area is 184 Å². The molecule has 0 bridgehead atoms. The first kappa shape index (κ1) is 21.8. The van der Waals surface area contributed by atoms with Crippen molar-refractivity contribution in [1.29, 1.82) is 0 Å². The van der Waals surface area contributed by atoms with Crippen LogP contribution in [0.1, 0.15) is 5.56 Å². The highest BCUT2D eigenvalue weighted by Crippen LogP contribution is 2.35. The molecule has 0 aliphatic carbocycles. The highest BCUT2D eigenvalue weighted by molar-refractivity contribution is 5.74. The van der Waals surface area contributed by atoms with Crippen LogP contribution in [0.5, 0.6) is 0 Å². The zero-order chi connectivity index (χ0) is 23.8. The van der Waals surface area contributed by atoms with Crippen molar-refractivity contribution >= 4 is 11.4 Å². The van der Waals surface area contributed by atoms with E-state index >= 15 is 0 Å². The van der Waals surface area contributed by atoms with E-state index in [1.807, 2.05) is 0 Å². The first-order chi connectivity index (χ1) is 15.6. The molecule has 0 atom stereocenters. The Morgan fingerprint density at radius 1 is 0.606 bits per heavy atom. The van der Waals surface area contributed by atoms with Gasteiger partial charge in [-0.3, -0.25) is 20.2 Å². The third-order valence-corrected chi connectivity index (χ3v) is 5.08. The normalized spacial score (nSPS) is 11.4. The molecular formula is C23H14F3N3O4. The van der Waals surface area contributed by atoms with E-state index in [1.165, 1.54) is 36.4 Å². The lowest BCUT2D eigenvalue weighted by Gasteiger charge is -2.15. The average molecular weight is 453 g/mol. The summed E-state index contributed by atoms with van der Waals surface area (Å²) in [5, 5.41) is 22.0. The number of hydrogen-bond donors (Lipinski definition) is 0. The molecule has 0 unspecified atom stereocenters. The summed E-state index contributed by atoms with van der Waals surface area (Å²) >= 11 is 0. The van der Waals surface area contributed by atoms with Gasteiger partial charge in [-0.1, -0.05) is 0 Å². The highest BCUT2D eigenvalue weighted by atomic mass is 19.4. The molecule has 33 heavy (non-hydrogen) atoms. The first-order valence-corrected chi connectivity index (χ1v) is 9.54. The molecule has 0 saturated heterocycles. The SMILES string of the molecule is O=[N+]([O-])c1ccc(-c2ccc(-c3ccc([N+](=O)[O-])cc3)n2-c2ccc(C(F)(F)F)cc2)cc1. The van der Waals surface area contributed by atoms with Crippen LogP contribution >= 0.6 is 0 Å². The lowest BCUT2D eigenvalue weighted by atomic mass is 10.1. The second kappa shape index (κ2) is 8.23. The fourth-order valence-electron chi connectivity index (χ4n) is 3.47. The van der Waals surface area contributed by atoms with Crippen LogP contribution in [0, 0.1) is 20.2 Å². The summed E-state index contributed by atoms with van der Waals surface area (Å²) in [5.41, 5.74) is 1.81. The fraction of sp³-hybridized carbons (Fsp3) is 0.0435. The molecule has 4 rings (SSSR count). The summed E-state index contributed by atoms with van der Waals surface area (Å²) in [6, 6.07) is 19.6. The zero-order valence-electron chi connectivity index (χ0n) is 16.7. The number of halogens is 3. The van der Waals surface area contributed by atoms with E-state index in [2.05, 4.69) is 0 Å². The van der Waals surface area contributed by atoms with Gasteiger partial charge in [0.2, 0.25) is 0 Å². The standard InChI is InChI=1S/C23H14F3N3O4/c24-23(25,26)17-5-11-18(12-6-17)27-21(15-1-7-19(8-2-15)28(30)31)13-14-22(27)16-3-9-20(10-4-16)29(32)33/h1-14H. The van der Waals surface area contributed by atoms with E-state index < -0.39 is 21.6 Å². The lowest BCUT2D eigenvalue weighted by molar-refractivity contribution is -0.385. The van der Waals surface area contributed by atoms with Gasteiger partial charge in [0, 0.05) is 30.0 Å². The number of rotatable bonds is 5. The van der Waals surface area contributed by atoms with Crippen molar-refractivity contribution in [2.45, 2.75) is 6.18 Å². The highest BCUT2D eigenvalue weighted by Gasteiger charge is 2.30. The van der Waals surface area contributed by atoms with Crippen LogP contribution in [0.15, 0.2) is 84.9 Å². The summed E-state index contributed by atoms with van der Waals surface area (Å²) in [5.74, 6) is 0. The number of nitro benzene ring substituents is 2. The van der Waals surface area contributed by atoms with Gasteiger partial charge in [0.1, 0.15) is 0 Å². The molecule has 10 heteroatoms. The molecule has 7 nitrogen and oxygen atoms in total. The molecule has 0 N–H and O–H groups in total. The molecule has 3 aromatic carbocycles. The van der Waals surface area contributed by atoms with Crippen molar-refractivity contribution in [3.8, 4) is 28.2 Å². The quantitative estimate of drug-likeness (QED) is 0.250. The third kappa shape index (κ3) is 4.31. The number of alkyl halides is 3. The summed E-state index contributed by atoms with van der Waals surface area (Å²) in [4.78, 5) is 20.9. The molecular weight excluding hydrogens is 439 g/mol. The zero-order valence-corrected chi connectivity index (χ0v) is 16.7. The van der Waals surface area contributed by atoms with Gasteiger partial charge >= 0.3 is 6.18 Å². The van der Waals surface area contributed by atoms with Crippen LogP contribution in [0.4, 0.5) is 24.5 Å². The van der Waals surface area contributed by atoms with Crippen molar-refractivity contribution in [2.75, 3.05) is 0 Å². The summed E-state index contributed by atoms with van der Waals surface area (Å²) < 4.78 is 40.8. The van der Waals surface area contributed by atoms with Gasteiger partial charge in [-0.2, -0.15) is 13.2 Å². The molecule has 0 spiro atoms. The minimum atomic E-state index is -4.49. The van der Waals surface area contributed by atoms with Gasteiger partial charge in [0.05, 0.1) is 26.8 Å². The Kier molecular flexibility index (Phi) is 5.42. The number of nitrogens with zero attached hydrogens (tertiary/aromatic N) is 3. The Bertz CT molecular complexity index is 1250. The van der Waals surface area contributed by atoms with E-state index in [4.69, 9.17) is 0 Å². The second-order valence-electron chi connectivity index (χ2n) is 7.09. The number of nitro groups is 2. The molecule has 0 aliphatic heterocycles. The molecule has 0 amide bonds. The van der Waals surface area contributed by atoms with Crippen LogP contribution < -0.4 is 0 Å². The minimum absolute atomic E-state index is 0.0954. The van der Waals surface area contributed by atoms with E-state index in [1.54, 1.807) is 41.0 Å². The van der Waals surface area contributed by atoms with Crippen LogP contribution in [-0.2, 0) is 6.18 Å². The van der Waals surface area contributed by atoms with Crippen molar-refractivity contribution in [3.05, 3.63) is 111 Å². The Morgan fingerprint density at radius 3 is 1.33 bits per heavy atom. The van der Waals surface area contributed by atoms with Crippen LogP contribution in [0.3, 0.4) is 0 Å². The number of benzene rings is 3. The topological polar surface area (TPSA) is 91.2 Å². The average Bonchev–Trinajstić information content (AvgIpc) is 3.24. The van der Waals surface area contributed by atoms with E-state index in [-0.39, 0.29) is 11.4 Å². The Morgan fingerprint density at radius 2 is 1.00 bits per heavy atom. The van der Waals surface area contributed by atoms with Gasteiger partial charge in [-0.25, -0.2) is 0 Å². The van der Waals surface area contributed by atoms with E-state index in [0.717, 1.165) is 12.1 Å². The second-order valence-corrected chi connectivity index (χ2v) is 7.09. The predicted molar refractivity (Wildman–Crippen MR) is 115 cm³/mol. The first-order valence-electron chi connectivity index (χ1n) is 9.54. The summed E-state index contributed by atoms with van der Waals surface area (Å²) in [6.07, 6.45) is -4.49.